The molecule has 1 aromatic heterocycles. The number of nitrogens with one attached hydrogen (secondary N) is 1. The normalized spacial score (nSPS) is 12.0. The van der Waals surface area contributed by atoms with E-state index < -0.39 is 0 Å². The summed E-state index contributed by atoms with van der Waals surface area (Å²) < 4.78 is 0. The Balaban J connectivity index is 2.92. The van der Waals surface area contributed by atoms with Gasteiger partial charge in [-0.3, -0.25) is 5.10 Å². The van der Waals surface area contributed by atoms with Gasteiger partial charge in [0, 0.05) is 11.1 Å². The van der Waals surface area contributed by atoms with E-state index in [9.17, 15) is 0 Å². The summed E-state index contributed by atoms with van der Waals surface area (Å²) in [4.78, 5) is 0. The summed E-state index contributed by atoms with van der Waals surface area (Å²) in [6, 6.07) is 2.11. The summed E-state index contributed by atoms with van der Waals surface area (Å²) in [5.41, 5.74) is 2.54. The number of aromatic nitrogens is 2. The zero-order valence-corrected chi connectivity index (χ0v) is 7.73. The summed E-state index contributed by atoms with van der Waals surface area (Å²) in [5, 5.41) is 7.15. The van der Waals surface area contributed by atoms with Crippen LogP contribution in [0.2, 0.25) is 0 Å². The lowest BCUT2D eigenvalue weighted by atomic mass is 9.86. The molecule has 0 saturated heterocycles. The van der Waals surface area contributed by atoms with E-state index in [0.29, 0.717) is 0 Å². The summed E-state index contributed by atoms with van der Waals surface area (Å²) in [6.07, 6.45) is 1.13. The lowest BCUT2D eigenvalue weighted by Gasteiger charge is -2.19. The minimum Gasteiger partial charge on any atom is -0.282 e. The monoisotopic (exact) mass is 152 g/mol. The molecule has 0 aliphatic heterocycles. The maximum Gasteiger partial charge on any atom is 0.0594 e. The molecule has 0 radical (unpaired) electrons. The highest BCUT2D eigenvalue weighted by molar-refractivity contribution is 5.15. The summed E-state index contributed by atoms with van der Waals surface area (Å²) in [7, 11) is 0. The summed E-state index contributed by atoms with van der Waals surface area (Å²) in [6.45, 7) is 8.64. The quantitative estimate of drug-likeness (QED) is 0.692. The van der Waals surface area contributed by atoms with Crippen LogP contribution in [-0.2, 0) is 5.41 Å². The average molecular weight is 152 g/mol. The molecule has 1 rings (SSSR count). The van der Waals surface area contributed by atoms with E-state index in [1.54, 1.807) is 0 Å². The second-order valence-electron chi connectivity index (χ2n) is 3.66. The van der Waals surface area contributed by atoms with E-state index >= 15 is 0 Å². The molecule has 0 aliphatic rings. The zero-order valence-electron chi connectivity index (χ0n) is 7.73. The Bertz CT molecular complexity index is 235. The van der Waals surface area contributed by atoms with E-state index in [1.165, 1.54) is 5.69 Å². The van der Waals surface area contributed by atoms with Gasteiger partial charge in [0.15, 0.2) is 0 Å². The number of rotatable bonds is 2. The smallest absolute Gasteiger partial charge is 0.0594 e. The molecule has 1 aromatic rings. The van der Waals surface area contributed by atoms with Crippen LogP contribution in [0.25, 0.3) is 0 Å². The summed E-state index contributed by atoms with van der Waals surface area (Å²) in [5.74, 6) is 0. The Morgan fingerprint density at radius 1 is 1.55 bits per heavy atom. The van der Waals surface area contributed by atoms with Crippen LogP contribution in [0.15, 0.2) is 6.07 Å². The van der Waals surface area contributed by atoms with Crippen LogP contribution in [0.1, 0.15) is 38.6 Å². The number of aryl methyl sites for hydroxylation is 1. The van der Waals surface area contributed by atoms with Crippen LogP contribution < -0.4 is 0 Å². The zero-order chi connectivity index (χ0) is 8.48. The van der Waals surface area contributed by atoms with Gasteiger partial charge in [0.2, 0.25) is 0 Å². The first-order valence-electron chi connectivity index (χ1n) is 4.09. The van der Waals surface area contributed by atoms with Crippen LogP contribution in [0.4, 0.5) is 0 Å². The van der Waals surface area contributed by atoms with Crippen molar-refractivity contribution in [1.82, 2.24) is 10.2 Å². The van der Waals surface area contributed by atoms with E-state index in [-0.39, 0.29) is 5.41 Å². The van der Waals surface area contributed by atoms with Crippen LogP contribution in [0.5, 0.6) is 0 Å². The lowest BCUT2D eigenvalue weighted by Crippen LogP contribution is -2.15. The predicted octanol–water partition coefficient (Wildman–Crippen LogP) is 2.41. The molecule has 0 fully saturated rings. The van der Waals surface area contributed by atoms with Gasteiger partial charge in [-0.05, 0) is 19.4 Å². The van der Waals surface area contributed by atoms with E-state index in [0.717, 1.165) is 12.1 Å². The minimum absolute atomic E-state index is 0.237. The number of aromatic amines is 1. The number of H-pyrrole nitrogens is 1. The molecule has 0 atom stereocenters. The summed E-state index contributed by atoms with van der Waals surface area (Å²) >= 11 is 0. The van der Waals surface area contributed by atoms with Crippen molar-refractivity contribution in [2.24, 2.45) is 0 Å². The van der Waals surface area contributed by atoms with Crippen molar-refractivity contribution in [3.05, 3.63) is 17.5 Å². The van der Waals surface area contributed by atoms with E-state index in [1.807, 2.05) is 6.92 Å². The molecule has 0 aliphatic carbocycles. The Morgan fingerprint density at radius 2 is 2.18 bits per heavy atom. The number of hydrogen-bond donors (Lipinski definition) is 1. The third kappa shape index (κ3) is 1.62. The SMILES string of the molecule is CCC(C)(C)c1cc(C)n[nH]1. The topological polar surface area (TPSA) is 28.7 Å². The van der Waals surface area contributed by atoms with Gasteiger partial charge >= 0.3 is 0 Å². The minimum atomic E-state index is 0.237. The lowest BCUT2D eigenvalue weighted by molar-refractivity contribution is 0.489. The maximum absolute atomic E-state index is 4.11. The van der Waals surface area contributed by atoms with Crippen LogP contribution in [0, 0.1) is 6.92 Å². The van der Waals surface area contributed by atoms with Crippen LogP contribution >= 0.6 is 0 Å². The third-order valence-corrected chi connectivity index (χ3v) is 2.32. The molecule has 2 heteroatoms. The highest BCUT2D eigenvalue weighted by Crippen LogP contribution is 2.24. The molecule has 1 N–H and O–H groups in total. The van der Waals surface area contributed by atoms with Gasteiger partial charge in [0.25, 0.3) is 0 Å². The van der Waals surface area contributed by atoms with Crippen molar-refractivity contribution in [2.45, 2.75) is 39.5 Å². The average Bonchev–Trinajstić information content (AvgIpc) is 2.36. The molecular formula is C9H16N2. The van der Waals surface area contributed by atoms with Crippen molar-refractivity contribution >= 4 is 0 Å². The van der Waals surface area contributed by atoms with Crippen molar-refractivity contribution in [3.63, 3.8) is 0 Å². The maximum atomic E-state index is 4.11. The standard InChI is InChI=1S/C9H16N2/c1-5-9(3,4)8-6-7(2)10-11-8/h6H,5H2,1-4H3,(H,10,11). The van der Waals surface area contributed by atoms with Crippen molar-refractivity contribution in [2.75, 3.05) is 0 Å². The molecule has 1 heterocycles. The van der Waals surface area contributed by atoms with Gasteiger partial charge in [-0.25, -0.2) is 0 Å². The van der Waals surface area contributed by atoms with E-state index in [2.05, 4.69) is 37.0 Å². The first kappa shape index (κ1) is 8.31. The Hall–Kier alpha value is -0.790. The van der Waals surface area contributed by atoms with Gasteiger partial charge in [-0.2, -0.15) is 5.10 Å². The highest BCUT2D eigenvalue weighted by Gasteiger charge is 2.19. The fourth-order valence-electron chi connectivity index (χ4n) is 0.959. The molecule has 0 amide bonds. The van der Waals surface area contributed by atoms with E-state index in [4.69, 9.17) is 0 Å². The highest BCUT2D eigenvalue weighted by atomic mass is 15.1. The Kier molecular flexibility index (Phi) is 2.03. The second kappa shape index (κ2) is 2.68. The van der Waals surface area contributed by atoms with Crippen molar-refractivity contribution in [3.8, 4) is 0 Å². The van der Waals surface area contributed by atoms with Gasteiger partial charge in [-0.15, -0.1) is 0 Å². The molecular weight excluding hydrogens is 136 g/mol. The largest absolute Gasteiger partial charge is 0.282 e. The fourth-order valence-corrected chi connectivity index (χ4v) is 0.959. The molecule has 0 bridgehead atoms. The first-order valence-corrected chi connectivity index (χ1v) is 4.09. The van der Waals surface area contributed by atoms with Gasteiger partial charge < -0.3 is 0 Å². The molecule has 0 saturated carbocycles. The number of hydrogen-bond acceptors (Lipinski definition) is 1. The molecule has 0 aromatic carbocycles. The molecule has 2 nitrogen and oxygen atoms in total. The Labute approximate surface area is 68.0 Å². The van der Waals surface area contributed by atoms with Crippen LogP contribution in [0.3, 0.4) is 0 Å². The van der Waals surface area contributed by atoms with Crippen molar-refractivity contribution in [1.29, 1.82) is 0 Å². The van der Waals surface area contributed by atoms with Gasteiger partial charge in [0.05, 0.1) is 5.69 Å². The van der Waals surface area contributed by atoms with Gasteiger partial charge in [0.1, 0.15) is 0 Å². The van der Waals surface area contributed by atoms with Crippen molar-refractivity contribution < 1.29 is 0 Å². The molecule has 11 heavy (non-hydrogen) atoms. The Morgan fingerprint density at radius 3 is 2.55 bits per heavy atom. The predicted molar refractivity (Wildman–Crippen MR) is 46.6 cm³/mol. The first-order chi connectivity index (χ1) is 5.06. The number of nitrogens with zero attached hydrogens (tertiary/aromatic N) is 1. The fraction of sp³-hybridized carbons (Fsp3) is 0.667. The third-order valence-electron chi connectivity index (χ3n) is 2.32. The second-order valence-corrected chi connectivity index (χ2v) is 3.66. The van der Waals surface area contributed by atoms with Crippen LogP contribution in [-0.4, -0.2) is 10.2 Å². The van der Waals surface area contributed by atoms with Gasteiger partial charge in [-0.1, -0.05) is 20.8 Å². The molecule has 0 unspecified atom stereocenters. The molecule has 0 spiro atoms. The molecule has 62 valence electrons.